The minimum atomic E-state index is -0.527. The van der Waals surface area contributed by atoms with E-state index in [1.807, 2.05) is 0 Å². The zero-order valence-electron chi connectivity index (χ0n) is 15.7. The van der Waals surface area contributed by atoms with Gasteiger partial charge in [-0.15, -0.1) is 0 Å². The third-order valence-electron chi connectivity index (χ3n) is 6.62. The third-order valence-corrected chi connectivity index (χ3v) is 6.62. The van der Waals surface area contributed by atoms with Gasteiger partial charge in [0.1, 0.15) is 6.61 Å². The lowest BCUT2D eigenvalue weighted by Gasteiger charge is -2.34. The summed E-state index contributed by atoms with van der Waals surface area (Å²) in [5, 5.41) is 4.33. The Labute approximate surface area is 153 Å². The van der Waals surface area contributed by atoms with Crippen molar-refractivity contribution in [2.24, 2.45) is 21.8 Å². The monoisotopic (exact) mass is 365 g/mol. The van der Waals surface area contributed by atoms with E-state index in [1.165, 1.54) is 11.3 Å². The van der Waals surface area contributed by atoms with Gasteiger partial charge in [-0.2, -0.15) is 5.10 Å². The Morgan fingerprint density at radius 2 is 2.15 bits per heavy atom. The predicted octanol–water partition coefficient (Wildman–Crippen LogP) is 1.69. The van der Waals surface area contributed by atoms with Gasteiger partial charge in [0.15, 0.2) is 6.61 Å². The summed E-state index contributed by atoms with van der Waals surface area (Å²) in [4.78, 5) is 36.3. The number of amides is 2. The summed E-state index contributed by atoms with van der Waals surface area (Å²) in [6.45, 7) is 7.43. The third kappa shape index (κ3) is 3.29. The molecule has 3 rings (SSSR count). The first-order valence-corrected chi connectivity index (χ1v) is 9.17. The summed E-state index contributed by atoms with van der Waals surface area (Å²) >= 11 is 0. The van der Waals surface area contributed by atoms with E-state index in [4.69, 9.17) is 9.47 Å². The van der Waals surface area contributed by atoms with Crippen LogP contribution in [0.4, 0.5) is 4.79 Å². The Morgan fingerprint density at radius 1 is 1.38 bits per heavy atom. The number of hydrogen-bond donors (Lipinski definition) is 1. The number of hydrogen-bond acceptors (Lipinski definition) is 6. The van der Waals surface area contributed by atoms with Gasteiger partial charge in [0.25, 0.3) is 5.91 Å². The fraction of sp³-hybridized carbons (Fsp3) is 0.778. The highest BCUT2D eigenvalue weighted by Gasteiger charge is 2.60. The lowest BCUT2D eigenvalue weighted by atomic mass is 9.70. The van der Waals surface area contributed by atoms with Crippen molar-refractivity contribution in [1.29, 1.82) is 0 Å². The minimum absolute atomic E-state index is 0.0198. The first kappa shape index (κ1) is 18.7. The van der Waals surface area contributed by atoms with Gasteiger partial charge >= 0.3 is 12.1 Å². The predicted molar refractivity (Wildman–Crippen MR) is 93.3 cm³/mol. The van der Waals surface area contributed by atoms with E-state index in [0.717, 1.165) is 18.6 Å². The maximum Gasteiger partial charge on any atom is 0.409 e. The fourth-order valence-corrected chi connectivity index (χ4v) is 4.33. The molecular weight excluding hydrogens is 338 g/mol. The SMILES string of the molecule is CC12CCC(CC1=NNC(=O)COC(=O)CCN1CCOC1=O)C2(C)C. The largest absolute Gasteiger partial charge is 0.455 e. The van der Waals surface area contributed by atoms with Gasteiger partial charge in [-0.3, -0.25) is 9.59 Å². The number of rotatable bonds is 6. The van der Waals surface area contributed by atoms with E-state index in [0.29, 0.717) is 19.1 Å². The van der Waals surface area contributed by atoms with Crippen molar-refractivity contribution in [2.45, 2.75) is 46.5 Å². The van der Waals surface area contributed by atoms with Crippen molar-refractivity contribution < 1.29 is 23.9 Å². The number of carbonyl (C=O) groups is 3. The highest BCUT2D eigenvalue weighted by molar-refractivity contribution is 5.95. The Hall–Kier alpha value is -2.12. The van der Waals surface area contributed by atoms with Crippen LogP contribution in [0.2, 0.25) is 0 Å². The number of hydrazone groups is 1. The van der Waals surface area contributed by atoms with Crippen LogP contribution in [0.5, 0.6) is 0 Å². The van der Waals surface area contributed by atoms with Crippen molar-refractivity contribution in [1.82, 2.24) is 10.3 Å². The molecule has 2 saturated carbocycles. The van der Waals surface area contributed by atoms with Gasteiger partial charge in [-0.25, -0.2) is 10.2 Å². The van der Waals surface area contributed by atoms with Crippen LogP contribution in [-0.2, 0) is 19.1 Å². The lowest BCUT2D eigenvalue weighted by Crippen LogP contribution is -2.35. The molecule has 0 aromatic rings. The summed E-state index contributed by atoms with van der Waals surface area (Å²) in [5.41, 5.74) is 3.77. The average molecular weight is 365 g/mol. The van der Waals surface area contributed by atoms with E-state index in [2.05, 4.69) is 31.3 Å². The number of cyclic esters (lactones) is 1. The molecule has 144 valence electrons. The standard InChI is InChI=1S/C18H27N3O5/c1-17(2)12-4-6-18(17,3)13(10-12)19-20-14(22)11-26-15(23)5-7-21-8-9-25-16(21)24/h12H,4-11H2,1-3H3,(H,20,22). The van der Waals surface area contributed by atoms with Crippen LogP contribution in [0.25, 0.3) is 0 Å². The number of fused-ring (bicyclic) bond motifs is 2. The van der Waals surface area contributed by atoms with Crippen molar-refractivity contribution in [2.75, 3.05) is 26.3 Å². The topological polar surface area (TPSA) is 97.3 Å². The molecule has 8 heteroatoms. The molecule has 2 bridgehead atoms. The Bertz CT molecular complexity index is 645. The molecule has 0 aromatic carbocycles. The number of nitrogens with zero attached hydrogens (tertiary/aromatic N) is 2. The molecule has 1 aliphatic heterocycles. The molecule has 3 aliphatic rings. The molecule has 0 spiro atoms. The molecule has 2 amide bonds. The number of esters is 1. The normalized spacial score (nSPS) is 30.6. The van der Waals surface area contributed by atoms with Gasteiger partial charge in [0.2, 0.25) is 0 Å². The zero-order valence-corrected chi connectivity index (χ0v) is 15.7. The van der Waals surface area contributed by atoms with Crippen molar-refractivity contribution in [3.63, 3.8) is 0 Å². The molecule has 8 nitrogen and oxygen atoms in total. The van der Waals surface area contributed by atoms with Crippen LogP contribution >= 0.6 is 0 Å². The van der Waals surface area contributed by atoms with E-state index >= 15 is 0 Å². The first-order valence-electron chi connectivity index (χ1n) is 9.17. The van der Waals surface area contributed by atoms with Crippen LogP contribution in [-0.4, -0.2) is 54.9 Å². The first-order chi connectivity index (χ1) is 12.2. The van der Waals surface area contributed by atoms with Gasteiger partial charge < -0.3 is 14.4 Å². The highest BCUT2D eigenvalue weighted by atomic mass is 16.6. The molecule has 1 saturated heterocycles. The Kier molecular flexibility index (Phi) is 4.94. The van der Waals surface area contributed by atoms with Gasteiger partial charge in [-0.1, -0.05) is 20.8 Å². The Balaban J connectivity index is 1.41. The number of nitrogens with one attached hydrogen (secondary N) is 1. The fourth-order valence-electron chi connectivity index (χ4n) is 4.33. The number of carbonyl (C=O) groups excluding carboxylic acids is 3. The number of ether oxygens (including phenoxy) is 2. The second-order valence-electron chi connectivity index (χ2n) is 8.10. The summed E-state index contributed by atoms with van der Waals surface area (Å²) in [6, 6.07) is 0. The molecule has 1 heterocycles. The van der Waals surface area contributed by atoms with Crippen LogP contribution in [0.3, 0.4) is 0 Å². The van der Waals surface area contributed by atoms with Crippen molar-refractivity contribution >= 4 is 23.7 Å². The van der Waals surface area contributed by atoms with Gasteiger partial charge in [0.05, 0.1) is 13.0 Å². The second kappa shape index (κ2) is 6.89. The molecular formula is C18H27N3O5. The van der Waals surface area contributed by atoms with Crippen molar-refractivity contribution in [3.8, 4) is 0 Å². The minimum Gasteiger partial charge on any atom is -0.455 e. The maximum absolute atomic E-state index is 11.9. The quantitative estimate of drug-likeness (QED) is 0.571. The van der Waals surface area contributed by atoms with Crippen molar-refractivity contribution in [3.05, 3.63) is 0 Å². The Morgan fingerprint density at radius 3 is 2.73 bits per heavy atom. The second-order valence-corrected chi connectivity index (χ2v) is 8.10. The zero-order chi connectivity index (χ0) is 18.9. The summed E-state index contributed by atoms with van der Waals surface area (Å²) in [7, 11) is 0. The summed E-state index contributed by atoms with van der Waals surface area (Å²) in [6.07, 6.45) is 2.82. The molecule has 0 radical (unpaired) electrons. The maximum atomic E-state index is 11.9. The van der Waals surface area contributed by atoms with E-state index < -0.39 is 18.0 Å². The molecule has 3 fully saturated rings. The highest BCUT2D eigenvalue weighted by Crippen LogP contribution is 2.63. The van der Waals surface area contributed by atoms with E-state index in [9.17, 15) is 14.4 Å². The van der Waals surface area contributed by atoms with E-state index in [1.54, 1.807) is 0 Å². The van der Waals surface area contributed by atoms with Crippen LogP contribution < -0.4 is 5.43 Å². The molecule has 2 unspecified atom stereocenters. The lowest BCUT2D eigenvalue weighted by molar-refractivity contribution is -0.148. The molecule has 2 aliphatic carbocycles. The summed E-state index contributed by atoms with van der Waals surface area (Å²) < 4.78 is 9.72. The molecule has 0 aromatic heterocycles. The summed E-state index contributed by atoms with van der Waals surface area (Å²) in [5.74, 6) is -0.366. The average Bonchev–Trinajstić information content (AvgIpc) is 3.16. The van der Waals surface area contributed by atoms with Crippen LogP contribution in [0, 0.1) is 16.7 Å². The van der Waals surface area contributed by atoms with Gasteiger partial charge in [-0.05, 0) is 30.6 Å². The van der Waals surface area contributed by atoms with Gasteiger partial charge in [0, 0.05) is 17.7 Å². The van der Waals surface area contributed by atoms with Crippen LogP contribution in [0.15, 0.2) is 5.10 Å². The van der Waals surface area contributed by atoms with E-state index in [-0.39, 0.29) is 30.4 Å². The molecule has 1 N–H and O–H groups in total. The smallest absolute Gasteiger partial charge is 0.409 e. The molecule has 2 atom stereocenters. The van der Waals surface area contributed by atoms with Crippen LogP contribution in [0.1, 0.15) is 46.5 Å². The molecule has 26 heavy (non-hydrogen) atoms.